The first-order valence-corrected chi connectivity index (χ1v) is 18.6. The summed E-state index contributed by atoms with van der Waals surface area (Å²) in [7, 11) is 0. The van der Waals surface area contributed by atoms with E-state index in [-0.39, 0.29) is 30.9 Å². The molecular weight excluding hydrogens is 660 g/mol. The third-order valence-corrected chi connectivity index (χ3v) is 11.5. The van der Waals surface area contributed by atoms with Gasteiger partial charge in [0.2, 0.25) is 23.6 Å². The van der Waals surface area contributed by atoms with Crippen LogP contribution in [-0.2, 0) is 32.0 Å². The van der Waals surface area contributed by atoms with Crippen LogP contribution in [0.4, 0.5) is 0 Å². The number of fused-ring (bicyclic) bond motifs is 1. The fourth-order valence-corrected chi connectivity index (χ4v) is 9.33. The summed E-state index contributed by atoms with van der Waals surface area (Å²) in [5.74, 6) is 0.915. The van der Waals surface area contributed by atoms with E-state index in [1.54, 1.807) is 16.7 Å². The Kier molecular flexibility index (Phi) is 12.3. The molecule has 7 N–H and O–H groups in total. The van der Waals surface area contributed by atoms with Gasteiger partial charge in [-0.05, 0) is 97.8 Å². The number of thioether (sulfide) groups is 1. The first-order chi connectivity index (χ1) is 23.2. The third kappa shape index (κ3) is 8.44. The lowest BCUT2D eigenvalue weighted by molar-refractivity contribution is -0.153. The number of amides is 4. The Bertz CT molecular complexity index is 1590. The zero-order chi connectivity index (χ0) is 33.8. The Balaban J connectivity index is 0.00000468. The van der Waals surface area contributed by atoms with Crippen molar-refractivity contribution in [1.29, 1.82) is 0 Å². The van der Waals surface area contributed by atoms with Crippen molar-refractivity contribution in [3.8, 4) is 0 Å². The number of halogens is 1. The Morgan fingerprint density at radius 2 is 1.57 bits per heavy atom. The molecule has 7 rings (SSSR count). The molecule has 0 radical (unpaired) electrons. The molecule has 4 saturated carbocycles. The minimum atomic E-state index is -0.864. The van der Waals surface area contributed by atoms with Gasteiger partial charge in [0.15, 0.2) is 0 Å². The average molecular weight is 709 g/mol. The maximum atomic E-state index is 14.2. The van der Waals surface area contributed by atoms with E-state index in [2.05, 4.69) is 15.6 Å². The smallest absolute Gasteiger partial charge is 0.243 e. The van der Waals surface area contributed by atoms with Crippen molar-refractivity contribution in [2.75, 3.05) is 18.6 Å². The first kappa shape index (κ1) is 36.7. The fraction of sp³-hybridized carbons (Fsp3) is 0.514. The van der Waals surface area contributed by atoms with Crippen LogP contribution >= 0.6 is 24.2 Å². The molecule has 4 aliphatic carbocycles. The van der Waals surface area contributed by atoms with E-state index in [1.165, 1.54) is 6.42 Å². The summed E-state index contributed by atoms with van der Waals surface area (Å²) >= 11 is 1.56. The molecule has 1 heterocycles. The molecule has 4 amide bonds. The molecule has 0 aliphatic heterocycles. The van der Waals surface area contributed by atoms with E-state index >= 15 is 0 Å². The van der Waals surface area contributed by atoms with Crippen molar-refractivity contribution >= 4 is 58.7 Å². The molecule has 0 spiro atoms. The van der Waals surface area contributed by atoms with Crippen molar-refractivity contribution in [2.24, 2.45) is 35.1 Å². The quantitative estimate of drug-likeness (QED) is 0.162. The maximum Gasteiger partial charge on any atom is 0.243 e. The lowest BCUT2D eigenvalue weighted by atomic mass is 9.53. The number of rotatable bonds is 15. The molecule has 49 heavy (non-hydrogen) atoms. The highest BCUT2D eigenvalue weighted by molar-refractivity contribution is 7.98. The summed E-state index contributed by atoms with van der Waals surface area (Å²) in [6.07, 6.45) is 10.3. The highest BCUT2D eigenvalue weighted by Crippen LogP contribution is 2.55. The Hall–Kier alpha value is -3.54. The van der Waals surface area contributed by atoms with Gasteiger partial charge in [-0.1, -0.05) is 48.5 Å². The fourth-order valence-electron chi connectivity index (χ4n) is 8.86. The van der Waals surface area contributed by atoms with Crippen LogP contribution in [0.5, 0.6) is 0 Å². The van der Waals surface area contributed by atoms with Gasteiger partial charge in [0.25, 0.3) is 0 Å². The predicted octanol–water partition coefficient (Wildman–Crippen LogP) is 3.56. The topological polar surface area (TPSA) is 163 Å². The van der Waals surface area contributed by atoms with Gasteiger partial charge in [0.05, 0.1) is 12.6 Å². The number of para-hydroxylation sites is 1. The molecule has 10 nitrogen and oxygen atoms in total. The molecule has 264 valence electrons. The standard InChI is InChI=1S/C37H48N6O4S.ClH/c1-48-12-11-31(42-36(46)29(38)19-27-20-40-30-10-6-5-9-28(27)30)37(47)41-21-33(44)43(32(35(39)45)18-22-7-3-2-4-8-22)34-25-14-23-13-24(16-25)17-26(34)15-23;/h2-10,20,23-26,29,31-32,34,40H,11-19,21,38H2,1H3,(H2,39,45)(H,41,47)(H,42,46);1H/t23?,24?,25?,26?,29-,31+,32-,34?;/m0./s1. The van der Waals surface area contributed by atoms with Crippen LogP contribution in [0, 0.1) is 23.7 Å². The Morgan fingerprint density at radius 3 is 2.22 bits per heavy atom. The van der Waals surface area contributed by atoms with Gasteiger partial charge in [-0.3, -0.25) is 19.2 Å². The van der Waals surface area contributed by atoms with Crippen LogP contribution in [0.1, 0.15) is 49.7 Å². The molecule has 4 aliphatic rings. The number of aromatic nitrogens is 1. The van der Waals surface area contributed by atoms with Gasteiger partial charge < -0.3 is 32.0 Å². The number of nitrogens with two attached hydrogens (primary N) is 2. The summed E-state index contributed by atoms with van der Waals surface area (Å²) in [5, 5.41) is 6.66. The molecule has 2 aromatic carbocycles. The maximum absolute atomic E-state index is 14.2. The number of nitrogens with zero attached hydrogens (tertiary/aromatic N) is 1. The van der Waals surface area contributed by atoms with Gasteiger partial charge in [-0.2, -0.15) is 11.8 Å². The Labute approximate surface area is 298 Å². The van der Waals surface area contributed by atoms with Crippen LogP contribution in [0.2, 0.25) is 0 Å². The van der Waals surface area contributed by atoms with E-state index in [1.807, 2.05) is 67.0 Å². The summed E-state index contributed by atoms with van der Waals surface area (Å²) < 4.78 is 0. The highest BCUT2D eigenvalue weighted by atomic mass is 35.5. The van der Waals surface area contributed by atoms with Gasteiger partial charge in [0, 0.05) is 29.6 Å². The molecule has 4 bridgehead atoms. The van der Waals surface area contributed by atoms with Crippen LogP contribution in [0.15, 0.2) is 60.8 Å². The lowest BCUT2D eigenvalue weighted by Crippen LogP contribution is -2.64. The number of primary amides is 1. The molecule has 0 saturated heterocycles. The van der Waals surface area contributed by atoms with Crippen LogP contribution in [-0.4, -0.2) is 76.2 Å². The van der Waals surface area contributed by atoms with Crippen LogP contribution in [0.25, 0.3) is 10.9 Å². The van der Waals surface area contributed by atoms with E-state index in [0.29, 0.717) is 48.7 Å². The summed E-state index contributed by atoms with van der Waals surface area (Å²) in [5.41, 5.74) is 15.2. The second-order valence-electron chi connectivity index (χ2n) is 14.1. The molecule has 4 fully saturated rings. The van der Waals surface area contributed by atoms with Crippen molar-refractivity contribution in [1.82, 2.24) is 20.5 Å². The van der Waals surface area contributed by atoms with E-state index in [9.17, 15) is 19.2 Å². The SMILES string of the molecule is CSCC[C@@H](NC(=O)[C@@H](N)Cc1c[nH]c2ccccc12)C(=O)NCC(=O)N(C1C2CC3CC(C2)CC1C3)[C@@H](Cc1ccccc1)C(N)=O.Cl. The normalized spacial score (nSPS) is 24.0. The predicted molar refractivity (Wildman–Crippen MR) is 196 cm³/mol. The number of nitrogens with one attached hydrogen (secondary N) is 3. The molecule has 12 heteroatoms. The summed E-state index contributed by atoms with van der Waals surface area (Å²) in [4.78, 5) is 59.2. The zero-order valence-corrected chi connectivity index (χ0v) is 29.6. The van der Waals surface area contributed by atoms with Crippen LogP contribution < -0.4 is 22.1 Å². The molecule has 3 aromatic rings. The number of carbonyl (C=O) groups is 4. The number of H-pyrrole nitrogens is 1. The minimum Gasteiger partial charge on any atom is -0.368 e. The number of hydrogen-bond acceptors (Lipinski definition) is 6. The van der Waals surface area contributed by atoms with Gasteiger partial charge >= 0.3 is 0 Å². The van der Waals surface area contributed by atoms with Crippen LogP contribution in [0.3, 0.4) is 0 Å². The van der Waals surface area contributed by atoms with Gasteiger partial charge in [-0.15, -0.1) is 12.4 Å². The van der Waals surface area contributed by atoms with Gasteiger partial charge in [-0.25, -0.2) is 0 Å². The van der Waals surface area contributed by atoms with E-state index in [4.69, 9.17) is 11.5 Å². The number of hydrogen-bond donors (Lipinski definition) is 5. The molecule has 0 unspecified atom stereocenters. The first-order valence-electron chi connectivity index (χ1n) is 17.2. The van der Waals surface area contributed by atoms with Crippen molar-refractivity contribution in [3.63, 3.8) is 0 Å². The number of benzene rings is 2. The Morgan fingerprint density at radius 1 is 0.918 bits per heavy atom. The number of aromatic amines is 1. The molecule has 1 aromatic heterocycles. The second-order valence-corrected chi connectivity index (χ2v) is 15.0. The zero-order valence-electron chi connectivity index (χ0n) is 28.0. The number of carbonyl (C=O) groups excluding carboxylic acids is 4. The van der Waals surface area contributed by atoms with E-state index in [0.717, 1.165) is 47.7 Å². The molecule has 3 atom stereocenters. The average Bonchev–Trinajstić information content (AvgIpc) is 3.48. The highest BCUT2D eigenvalue weighted by Gasteiger charge is 2.52. The summed E-state index contributed by atoms with van der Waals surface area (Å²) in [6.45, 7) is -0.284. The third-order valence-electron chi connectivity index (χ3n) is 10.8. The van der Waals surface area contributed by atoms with Crippen molar-refractivity contribution in [3.05, 3.63) is 71.9 Å². The second kappa shape index (κ2) is 16.4. The molecular formula is C37H49ClN6O4S. The minimum absolute atomic E-state index is 0. The van der Waals surface area contributed by atoms with Crippen molar-refractivity contribution < 1.29 is 19.2 Å². The lowest BCUT2D eigenvalue weighted by Gasteiger charge is -2.58. The van der Waals surface area contributed by atoms with Crippen molar-refractivity contribution in [2.45, 2.75) is 75.5 Å². The van der Waals surface area contributed by atoms with Gasteiger partial charge in [0.1, 0.15) is 12.1 Å². The van der Waals surface area contributed by atoms with E-state index < -0.39 is 35.8 Å². The monoisotopic (exact) mass is 708 g/mol. The largest absolute Gasteiger partial charge is 0.368 e. The summed E-state index contributed by atoms with van der Waals surface area (Å²) in [6, 6.07) is 14.8.